The summed E-state index contributed by atoms with van der Waals surface area (Å²) in [5, 5.41) is 30.8. The van der Waals surface area contributed by atoms with Crippen LogP contribution in [0.1, 0.15) is 123 Å². The van der Waals surface area contributed by atoms with Gasteiger partial charge in [0.05, 0.1) is 71.6 Å². The van der Waals surface area contributed by atoms with Crippen LogP contribution in [0.15, 0.2) is 134 Å². The standard InChI is InChI=1S/2C30H35ClFN5O4.C24H28ClFN4O.C2H7N/c2*1-18-14-36(19(2)13-35(18)15-20-5-7-21(32)8-6-20)29(40)24-11-23-25(17-37(33(3)4)27(23)12-26(24)31)28(39)30(41)34-10-9-22(38)16-34;1-16-14-29(17(2)13-28(16)15-18-5-7-20(26)8-6-18)24(31)21-11-19-9-10-30(27(3)4)23(19)12-22(21)25;1-3-2/h2*5-8,11-12,17-19,22,38H,9-10,13-16H2,1-4H3;5-12,16-17H,13-15H2,1-4H3;3H,1-2H3/t2*18-,19+,22+;16-,17+;/m000./s1. The zero-order chi connectivity index (χ0) is 84.2. The highest BCUT2D eigenvalue weighted by molar-refractivity contribution is 6.46. The topological polar surface area (TPSA) is 222 Å². The van der Waals surface area contributed by atoms with Crippen molar-refractivity contribution in [1.29, 1.82) is 0 Å². The zero-order valence-electron chi connectivity index (χ0n) is 68.2. The fourth-order valence-corrected chi connectivity index (χ4v) is 16.6. The maximum absolute atomic E-state index is 13.9. The molecule has 5 saturated heterocycles. The summed E-state index contributed by atoms with van der Waals surface area (Å²) in [6.45, 7) is 18.7. The Hall–Kier alpha value is -9.55. The van der Waals surface area contributed by atoms with Gasteiger partial charge in [-0.1, -0.05) is 71.2 Å². The lowest BCUT2D eigenvalue weighted by atomic mass is 10.0. The zero-order valence-corrected chi connectivity index (χ0v) is 70.5. The second kappa shape index (κ2) is 37.4. The van der Waals surface area contributed by atoms with E-state index in [1.165, 1.54) is 46.2 Å². The van der Waals surface area contributed by atoms with Gasteiger partial charge in [0.2, 0.25) is 0 Å². The van der Waals surface area contributed by atoms with Crippen molar-refractivity contribution in [2.45, 2.75) is 122 Å². The van der Waals surface area contributed by atoms with Gasteiger partial charge in [-0.15, -0.1) is 0 Å². The normalized spacial score (nSPS) is 20.6. The van der Waals surface area contributed by atoms with Crippen LogP contribution in [-0.2, 0) is 29.2 Å². The second-order valence-corrected chi connectivity index (χ2v) is 33.0. The fraction of sp³-hybridized carbons (Fsp3) is 0.430. The molecule has 0 bridgehead atoms. The first-order valence-corrected chi connectivity index (χ1v) is 40.2. The van der Waals surface area contributed by atoms with Gasteiger partial charge in [-0.2, -0.15) is 0 Å². The van der Waals surface area contributed by atoms with E-state index in [0.29, 0.717) is 104 Å². The minimum absolute atomic E-state index is 0.0368. The van der Waals surface area contributed by atoms with Crippen LogP contribution in [0, 0.1) is 17.5 Å². The summed E-state index contributed by atoms with van der Waals surface area (Å²) in [6.07, 6.45) is 4.72. The molecule has 0 aliphatic carbocycles. The summed E-state index contributed by atoms with van der Waals surface area (Å²) in [5.41, 5.74) is 6.65. The molecular formula is C86H105Cl3F3N15O9. The van der Waals surface area contributed by atoms with Crippen molar-refractivity contribution in [3.8, 4) is 0 Å². The number of benzene rings is 6. The lowest BCUT2D eigenvalue weighted by Gasteiger charge is -2.44. The molecule has 620 valence electrons. The van der Waals surface area contributed by atoms with Crippen LogP contribution in [0.3, 0.4) is 0 Å². The number of ketones is 2. The molecule has 8 heterocycles. The van der Waals surface area contributed by atoms with Crippen molar-refractivity contribution in [3.05, 3.63) is 211 Å². The molecule has 5 aliphatic heterocycles. The highest BCUT2D eigenvalue weighted by Gasteiger charge is 2.40. The van der Waals surface area contributed by atoms with Crippen molar-refractivity contribution >= 4 is 109 Å². The van der Waals surface area contributed by atoms with E-state index < -0.39 is 35.6 Å². The summed E-state index contributed by atoms with van der Waals surface area (Å²) in [4.78, 5) is 109. The predicted molar refractivity (Wildman–Crippen MR) is 449 cm³/mol. The number of nitrogens with zero attached hydrogens (tertiary/aromatic N) is 14. The number of rotatable bonds is 16. The average Bonchev–Trinajstić information content (AvgIpc) is 1.57. The molecule has 3 N–H and O–H groups in total. The molecule has 5 aliphatic rings. The molecule has 0 saturated carbocycles. The Balaban J connectivity index is 0.000000170. The predicted octanol–water partition coefficient (Wildman–Crippen LogP) is 10.5. The van der Waals surface area contributed by atoms with Gasteiger partial charge in [-0.05, 0) is 164 Å². The van der Waals surface area contributed by atoms with Crippen LogP contribution in [0.25, 0.3) is 32.7 Å². The molecule has 30 heteroatoms. The van der Waals surface area contributed by atoms with Crippen LogP contribution in [0.4, 0.5) is 13.2 Å². The van der Waals surface area contributed by atoms with Gasteiger partial charge in [-0.25, -0.2) is 13.2 Å². The average molecular weight is 1660 g/mol. The number of hydrogen-bond donors (Lipinski definition) is 3. The molecule has 6 aromatic carbocycles. The third-order valence-electron chi connectivity index (χ3n) is 22.3. The lowest BCUT2D eigenvalue weighted by Crippen LogP contribution is -2.57. The van der Waals surface area contributed by atoms with Crippen LogP contribution in [-0.4, -0.2) is 275 Å². The van der Waals surface area contributed by atoms with Crippen LogP contribution in [0.2, 0.25) is 15.1 Å². The number of carbonyl (C=O) groups is 7. The highest BCUT2D eigenvalue weighted by atomic mass is 35.5. The van der Waals surface area contributed by atoms with Gasteiger partial charge in [0.25, 0.3) is 41.1 Å². The van der Waals surface area contributed by atoms with Crippen LogP contribution < -0.4 is 20.3 Å². The number of fused-ring (bicyclic) bond motifs is 3. The Kier molecular flexibility index (Phi) is 28.1. The van der Waals surface area contributed by atoms with E-state index in [4.69, 9.17) is 34.8 Å². The quantitative estimate of drug-likeness (QED) is 0.0604. The maximum Gasteiger partial charge on any atom is 0.295 e. The van der Waals surface area contributed by atoms with E-state index in [0.717, 1.165) is 40.7 Å². The maximum atomic E-state index is 13.9. The molecule has 5 fully saturated rings. The number of amides is 5. The smallest absolute Gasteiger partial charge is 0.295 e. The van der Waals surface area contributed by atoms with Gasteiger partial charge in [0.15, 0.2) is 0 Å². The Morgan fingerprint density at radius 1 is 0.405 bits per heavy atom. The third-order valence-corrected chi connectivity index (χ3v) is 23.2. The number of likely N-dealkylation sites (tertiary alicyclic amines) is 2. The molecule has 14 rings (SSSR count). The Morgan fingerprint density at radius 2 is 0.707 bits per heavy atom. The molecule has 24 nitrogen and oxygen atoms in total. The third kappa shape index (κ3) is 19.5. The van der Waals surface area contributed by atoms with E-state index in [-0.39, 0.29) is 117 Å². The van der Waals surface area contributed by atoms with Crippen LogP contribution >= 0.6 is 34.8 Å². The van der Waals surface area contributed by atoms with Gasteiger partial charge in [-0.3, -0.25) is 62.3 Å². The largest absolute Gasteiger partial charge is 0.391 e. The van der Waals surface area contributed by atoms with E-state index in [9.17, 15) is 56.9 Å². The number of aliphatic hydroxyl groups is 2. The Morgan fingerprint density at radius 3 is 1.00 bits per heavy atom. The fourth-order valence-electron chi connectivity index (χ4n) is 15.9. The molecule has 8 atom stereocenters. The van der Waals surface area contributed by atoms with Crippen LogP contribution in [0.5, 0.6) is 0 Å². The van der Waals surface area contributed by atoms with Crippen molar-refractivity contribution in [2.75, 3.05) is 137 Å². The number of halogens is 6. The molecular weight excluding hydrogens is 1550 g/mol. The first-order chi connectivity index (χ1) is 55.0. The molecule has 116 heavy (non-hydrogen) atoms. The van der Waals surface area contributed by atoms with Gasteiger partial charge in [0, 0.05) is 198 Å². The number of aromatic nitrogens is 3. The number of piperazine rings is 3. The van der Waals surface area contributed by atoms with E-state index in [1.54, 1.807) is 118 Å². The van der Waals surface area contributed by atoms with E-state index in [2.05, 4.69) is 47.7 Å². The molecule has 9 aromatic rings. The number of β-amino-alcohol motifs (C(OH)–C–C–N with tert-alkyl or cyclic N) is 2. The first kappa shape index (κ1) is 87.3. The van der Waals surface area contributed by atoms with Gasteiger partial charge < -0.3 is 55.1 Å². The first-order valence-electron chi connectivity index (χ1n) is 39.1. The SMILES string of the molecule is CNC.C[C@@H]1CN(Cc2ccc(F)cc2)[C@@H](C)CN1C(=O)c1cc2c(C(=O)C(=O)N3CC[C@@H](O)C3)cn(N(C)C)c2cc1Cl.C[C@@H]1CN(Cc2ccc(F)cc2)[C@@H](C)CN1C(=O)c1cc2c(C(=O)C(=O)N3CC[C@@H](O)C3)cn(N(C)C)c2cc1Cl.C[C@@H]1CN(Cc2ccc(F)cc2)[C@@H](C)CN1C(=O)c1cc2ccn(N(C)C)c2cc1Cl. The summed E-state index contributed by atoms with van der Waals surface area (Å²) in [6, 6.07) is 31.9. The summed E-state index contributed by atoms with van der Waals surface area (Å²) >= 11 is 19.9. The van der Waals surface area contributed by atoms with Gasteiger partial charge in [0.1, 0.15) is 17.5 Å². The van der Waals surface area contributed by atoms with Crippen molar-refractivity contribution in [3.63, 3.8) is 0 Å². The number of carbonyl (C=O) groups excluding carboxylic acids is 7. The minimum atomic E-state index is -0.693. The number of Topliss-reactive ketones (excluding diaryl/α,β-unsaturated/α-hetero) is 2. The van der Waals surface area contributed by atoms with E-state index in [1.807, 2.05) is 93.2 Å². The number of hydrogen-bond acceptors (Lipinski definition) is 16. The number of aliphatic hydroxyl groups excluding tert-OH is 2. The Bertz CT molecular complexity index is 4860. The lowest BCUT2D eigenvalue weighted by molar-refractivity contribution is -0.126. The highest BCUT2D eigenvalue weighted by Crippen LogP contribution is 2.36. The molecule has 5 amide bonds. The van der Waals surface area contributed by atoms with E-state index >= 15 is 0 Å². The second-order valence-electron chi connectivity index (χ2n) is 31.7. The monoisotopic (exact) mass is 1650 g/mol. The van der Waals surface area contributed by atoms with Gasteiger partial charge >= 0.3 is 0 Å². The summed E-state index contributed by atoms with van der Waals surface area (Å²) < 4.78 is 45.3. The summed E-state index contributed by atoms with van der Waals surface area (Å²) in [5.74, 6) is -4.05. The summed E-state index contributed by atoms with van der Waals surface area (Å²) in [7, 11) is 14.9. The molecule has 0 radical (unpaired) electrons. The van der Waals surface area contributed by atoms with Crippen molar-refractivity contribution in [1.82, 2.24) is 58.5 Å². The van der Waals surface area contributed by atoms with Crippen molar-refractivity contribution in [2.24, 2.45) is 0 Å². The molecule has 0 unspecified atom stereocenters. The van der Waals surface area contributed by atoms with Crippen molar-refractivity contribution < 1.29 is 56.9 Å². The minimum Gasteiger partial charge on any atom is -0.391 e. The molecule has 3 aromatic heterocycles. The molecule has 0 spiro atoms. The Labute approximate surface area is 690 Å². The number of nitrogens with one attached hydrogen (secondary N) is 1.